The van der Waals surface area contributed by atoms with Crippen molar-refractivity contribution in [1.82, 2.24) is 15.3 Å². The monoisotopic (exact) mass is 533 g/mol. The minimum atomic E-state index is -4.54. The number of hydrogen-bond acceptors (Lipinski definition) is 6. The zero-order chi connectivity index (χ0) is 26.4. The highest BCUT2D eigenvalue weighted by molar-refractivity contribution is 7.22. The van der Waals surface area contributed by atoms with Crippen molar-refractivity contribution in [3.05, 3.63) is 71.8 Å². The van der Waals surface area contributed by atoms with Crippen molar-refractivity contribution < 1.29 is 27.0 Å². The third kappa shape index (κ3) is 6.82. The van der Waals surface area contributed by atoms with Crippen LogP contribution in [0.5, 0.6) is 11.5 Å². The molecule has 0 spiro atoms. The van der Waals surface area contributed by atoms with Crippen LogP contribution in [0.1, 0.15) is 31.4 Å². The van der Waals surface area contributed by atoms with Gasteiger partial charge in [-0.15, -0.1) is 11.3 Å². The molecule has 196 valence electrons. The molecule has 4 aromatic rings. The van der Waals surface area contributed by atoms with Crippen LogP contribution >= 0.6 is 11.3 Å². The van der Waals surface area contributed by atoms with E-state index in [1.54, 1.807) is 12.3 Å². The Hall–Kier alpha value is -3.08. The Morgan fingerprint density at radius 2 is 1.81 bits per heavy atom. The van der Waals surface area contributed by atoms with Crippen LogP contribution in [0.2, 0.25) is 0 Å². The van der Waals surface area contributed by atoms with Crippen LogP contribution in [0, 0.1) is 5.82 Å². The van der Waals surface area contributed by atoms with E-state index in [1.807, 2.05) is 24.4 Å². The lowest BCUT2D eigenvalue weighted by Gasteiger charge is -2.20. The molecule has 1 atom stereocenters. The molecule has 0 bridgehead atoms. The van der Waals surface area contributed by atoms with Gasteiger partial charge in [0.05, 0.1) is 20.8 Å². The third-order valence-corrected chi connectivity index (χ3v) is 6.74. The largest absolute Gasteiger partial charge is 0.453 e. The number of hydrogen-bond donors (Lipinski definition) is 1. The lowest BCUT2D eigenvalue weighted by atomic mass is 10.1. The first-order chi connectivity index (χ1) is 17.8. The van der Waals surface area contributed by atoms with Crippen LogP contribution in [0.15, 0.2) is 54.9 Å². The van der Waals surface area contributed by atoms with Crippen LogP contribution in [0.25, 0.3) is 20.8 Å². The Morgan fingerprint density at radius 1 is 1.00 bits per heavy atom. The normalized spacial score (nSPS) is 12.7. The van der Waals surface area contributed by atoms with Crippen LogP contribution in [-0.4, -0.2) is 35.4 Å². The van der Waals surface area contributed by atoms with E-state index in [4.69, 9.17) is 9.47 Å². The molecule has 0 radical (unpaired) electrons. The van der Waals surface area contributed by atoms with Crippen LogP contribution in [-0.2, 0) is 17.7 Å². The van der Waals surface area contributed by atoms with Crippen LogP contribution in [0.4, 0.5) is 17.6 Å². The minimum absolute atomic E-state index is 0.0896. The summed E-state index contributed by atoms with van der Waals surface area (Å²) in [7, 11) is 0. The summed E-state index contributed by atoms with van der Waals surface area (Å²) < 4.78 is 65.6. The summed E-state index contributed by atoms with van der Waals surface area (Å²) in [5, 5.41) is 3.34. The highest BCUT2D eigenvalue weighted by Crippen LogP contribution is 2.39. The summed E-state index contributed by atoms with van der Waals surface area (Å²) in [6.45, 7) is 5.20. The molecule has 0 aliphatic rings. The number of nitrogens with one attached hydrogen (secondary N) is 1. The average molecular weight is 534 g/mol. The van der Waals surface area contributed by atoms with E-state index in [0.29, 0.717) is 16.0 Å². The molecule has 0 fully saturated rings. The number of benzene rings is 1. The SMILES string of the molecule is CCCNCc1ccc(-c2cc3nccc(Oc4ccc(CC(OCC)C(F)(F)F)cc4F)c3s2)nc1. The van der Waals surface area contributed by atoms with E-state index in [1.165, 1.54) is 30.4 Å². The second-order valence-electron chi connectivity index (χ2n) is 8.42. The molecule has 0 amide bonds. The summed E-state index contributed by atoms with van der Waals surface area (Å²) in [6.07, 6.45) is -2.56. The fourth-order valence-corrected chi connectivity index (χ4v) is 4.80. The van der Waals surface area contributed by atoms with Gasteiger partial charge in [0, 0.05) is 38.0 Å². The molecule has 0 saturated carbocycles. The van der Waals surface area contributed by atoms with Gasteiger partial charge < -0.3 is 14.8 Å². The fraction of sp³-hybridized carbons (Fsp3) is 0.333. The predicted octanol–water partition coefficient (Wildman–Crippen LogP) is 7.30. The average Bonchev–Trinajstić information content (AvgIpc) is 3.31. The second-order valence-corrected chi connectivity index (χ2v) is 9.47. The summed E-state index contributed by atoms with van der Waals surface area (Å²) in [4.78, 5) is 9.84. The smallest absolute Gasteiger partial charge is 0.414 e. The zero-order valence-corrected chi connectivity index (χ0v) is 21.3. The summed E-state index contributed by atoms with van der Waals surface area (Å²) in [6, 6.07) is 11.3. The molecule has 1 unspecified atom stereocenters. The Balaban J connectivity index is 1.52. The molecule has 0 saturated heterocycles. The molecule has 0 aliphatic heterocycles. The Kier molecular flexibility index (Phi) is 8.73. The van der Waals surface area contributed by atoms with Gasteiger partial charge in [0.15, 0.2) is 17.7 Å². The van der Waals surface area contributed by atoms with Gasteiger partial charge in [-0.05, 0) is 55.3 Å². The molecular formula is C27H27F4N3O2S. The lowest BCUT2D eigenvalue weighted by molar-refractivity contribution is -0.218. The van der Waals surface area contributed by atoms with E-state index in [2.05, 4.69) is 22.2 Å². The van der Waals surface area contributed by atoms with Crippen molar-refractivity contribution in [3.63, 3.8) is 0 Å². The fourth-order valence-electron chi connectivity index (χ4n) is 3.76. The maximum absolute atomic E-state index is 14.8. The molecular weight excluding hydrogens is 506 g/mol. The van der Waals surface area contributed by atoms with Gasteiger partial charge in [0.1, 0.15) is 5.75 Å². The van der Waals surface area contributed by atoms with Crippen molar-refractivity contribution in [2.45, 2.75) is 45.5 Å². The van der Waals surface area contributed by atoms with Crippen molar-refractivity contribution in [1.29, 1.82) is 0 Å². The summed E-state index contributed by atoms with van der Waals surface area (Å²) in [5.74, 6) is -0.449. The Labute approximate surface area is 216 Å². The zero-order valence-electron chi connectivity index (χ0n) is 20.4. The van der Waals surface area contributed by atoms with Crippen LogP contribution in [0.3, 0.4) is 0 Å². The number of halogens is 4. The van der Waals surface area contributed by atoms with Crippen molar-refractivity contribution in [3.8, 4) is 22.1 Å². The van der Waals surface area contributed by atoms with Gasteiger partial charge in [0.2, 0.25) is 0 Å². The van der Waals surface area contributed by atoms with E-state index in [0.717, 1.165) is 41.7 Å². The van der Waals surface area contributed by atoms with Crippen LogP contribution < -0.4 is 10.1 Å². The number of aromatic nitrogens is 2. The van der Waals surface area contributed by atoms with Gasteiger partial charge >= 0.3 is 6.18 Å². The minimum Gasteiger partial charge on any atom is -0.453 e. The Morgan fingerprint density at radius 3 is 2.49 bits per heavy atom. The third-order valence-electron chi connectivity index (χ3n) is 5.58. The molecule has 37 heavy (non-hydrogen) atoms. The highest BCUT2D eigenvalue weighted by Gasteiger charge is 2.40. The first-order valence-corrected chi connectivity index (χ1v) is 12.8. The Bertz CT molecular complexity index is 1330. The topological polar surface area (TPSA) is 56.3 Å². The van der Waals surface area contributed by atoms with Gasteiger partial charge in [-0.25, -0.2) is 4.39 Å². The van der Waals surface area contributed by atoms with Gasteiger partial charge in [-0.1, -0.05) is 19.1 Å². The van der Waals surface area contributed by atoms with Gasteiger partial charge in [0.25, 0.3) is 0 Å². The van der Waals surface area contributed by atoms with E-state index in [-0.39, 0.29) is 17.9 Å². The number of pyridine rings is 2. The van der Waals surface area contributed by atoms with E-state index in [9.17, 15) is 17.6 Å². The van der Waals surface area contributed by atoms with E-state index >= 15 is 0 Å². The standard InChI is InChI=1S/C27H27F4N3O2S/c1-3-10-32-15-18-5-7-20(34-16-18)24-14-21-26(37-24)23(9-11-33-21)36-22-8-6-17(12-19(22)28)13-25(35-4-2)27(29,30)31/h5-9,11-12,14,16,25,32H,3-4,10,13,15H2,1-2H3. The molecule has 1 N–H and O–H groups in total. The number of thiophene rings is 1. The highest BCUT2D eigenvalue weighted by atomic mass is 32.1. The quantitative estimate of drug-likeness (QED) is 0.162. The lowest BCUT2D eigenvalue weighted by Crippen LogP contribution is -2.33. The molecule has 4 rings (SSSR count). The first-order valence-electron chi connectivity index (χ1n) is 12.0. The number of rotatable bonds is 11. The second kappa shape index (κ2) is 12.0. The first kappa shape index (κ1) is 27.0. The molecule has 0 aliphatic carbocycles. The summed E-state index contributed by atoms with van der Waals surface area (Å²) in [5.41, 5.74) is 2.72. The number of nitrogens with zero attached hydrogens (tertiary/aromatic N) is 2. The van der Waals surface area contributed by atoms with Gasteiger partial charge in [-0.2, -0.15) is 13.2 Å². The van der Waals surface area contributed by atoms with E-state index < -0.39 is 24.5 Å². The number of ether oxygens (including phenoxy) is 2. The molecule has 3 aromatic heterocycles. The molecule has 1 aromatic carbocycles. The number of fused-ring (bicyclic) bond motifs is 1. The maximum atomic E-state index is 14.8. The summed E-state index contributed by atoms with van der Waals surface area (Å²) >= 11 is 1.42. The number of alkyl halides is 3. The van der Waals surface area contributed by atoms with Crippen molar-refractivity contribution >= 4 is 21.6 Å². The predicted molar refractivity (Wildman–Crippen MR) is 136 cm³/mol. The molecule has 10 heteroatoms. The molecule has 5 nitrogen and oxygen atoms in total. The van der Waals surface area contributed by atoms with Gasteiger partial charge in [-0.3, -0.25) is 9.97 Å². The molecule has 3 heterocycles. The van der Waals surface area contributed by atoms with Crippen molar-refractivity contribution in [2.75, 3.05) is 13.2 Å². The maximum Gasteiger partial charge on any atom is 0.414 e. The van der Waals surface area contributed by atoms with Crippen molar-refractivity contribution in [2.24, 2.45) is 0 Å².